The van der Waals surface area contributed by atoms with Crippen LogP contribution in [0.3, 0.4) is 0 Å². The fraction of sp³-hybridized carbons (Fsp3) is 0.714. The lowest BCUT2D eigenvalue weighted by Gasteiger charge is -2.08. The van der Waals surface area contributed by atoms with Crippen molar-refractivity contribution in [1.29, 1.82) is 0 Å². The second kappa shape index (κ2) is 2.53. The summed E-state index contributed by atoms with van der Waals surface area (Å²) in [4.78, 5) is 21.3. The second-order valence-corrected chi connectivity index (χ2v) is 2.79. The van der Waals surface area contributed by atoms with Crippen molar-refractivity contribution in [3.63, 3.8) is 0 Å². The Kier molecular flexibility index (Phi) is 1.85. The second-order valence-electron chi connectivity index (χ2n) is 2.79. The van der Waals surface area contributed by atoms with E-state index < -0.39 is 29.9 Å². The van der Waals surface area contributed by atoms with Crippen LogP contribution in [0.5, 0.6) is 0 Å². The Morgan fingerprint density at radius 2 is 2.09 bits per heavy atom. The van der Waals surface area contributed by atoms with Gasteiger partial charge in [0.25, 0.3) is 0 Å². The number of carbonyl (C=O) groups excluding carboxylic acids is 1. The molecule has 1 heterocycles. The molecule has 0 aliphatic carbocycles. The van der Waals surface area contributed by atoms with Crippen LogP contribution in [0.2, 0.25) is 0 Å². The molecular formula is C7H10O4. The molecule has 0 bridgehead atoms. The average Bonchev–Trinajstić information content (AvgIpc) is 2.07. The van der Waals surface area contributed by atoms with E-state index in [1.54, 1.807) is 13.8 Å². The van der Waals surface area contributed by atoms with Crippen LogP contribution < -0.4 is 0 Å². The monoisotopic (exact) mass is 158 g/mol. The Morgan fingerprint density at radius 1 is 1.55 bits per heavy atom. The number of hydrogen-bond donors (Lipinski definition) is 1. The summed E-state index contributed by atoms with van der Waals surface area (Å²) >= 11 is 0. The number of cyclic esters (lactones) is 1. The van der Waals surface area contributed by atoms with Crippen LogP contribution in [-0.4, -0.2) is 23.1 Å². The van der Waals surface area contributed by atoms with Crippen molar-refractivity contribution in [2.24, 2.45) is 11.8 Å². The fourth-order valence-electron chi connectivity index (χ4n) is 1.33. The van der Waals surface area contributed by atoms with Crippen molar-refractivity contribution < 1.29 is 19.4 Å². The van der Waals surface area contributed by atoms with E-state index in [4.69, 9.17) is 9.84 Å². The van der Waals surface area contributed by atoms with Crippen molar-refractivity contribution in [2.75, 3.05) is 0 Å². The highest BCUT2D eigenvalue weighted by Crippen LogP contribution is 2.27. The summed E-state index contributed by atoms with van der Waals surface area (Å²) in [5.41, 5.74) is 0. The highest BCUT2D eigenvalue weighted by Gasteiger charge is 2.43. The first-order valence-corrected chi connectivity index (χ1v) is 3.47. The largest absolute Gasteiger partial charge is 0.481 e. The van der Waals surface area contributed by atoms with Gasteiger partial charge in [0.2, 0.25) is 0 Å². The SMILES string of the molecule is C[C@@H]1OC(=O)[C@H](C)[C@H]1C(=O)O. The van der Waals surface area contributed by atoms with Gasteiger partial charge in [-0.3, -0.25) is 9.59 Å². The summed E-state index contributed by atoms with van der Waals surface area (Å²) in [6.07, 6.45) is -0.491. The number of aliphatic carboxylic acids is 1. The van der Waals surface area contributed by atoms with E-state index in [1.165, 1.54) is 0 Å². The van der Waals surface area contributed by atoms with Gasteiger partial charge in [0, 0.05) is 0 Å². The molecule has 4 nitrogen and oxygen atoms in total. The average molecular weight is 158 g/mol. The zero-order valence-electron chi connectivity index (χ0n) is 6.40. The number of carboxylic acid groups (broad SMARTS) is 1. The quantitative estimate of drug-likeness (QED) is 0.556. The topological polar surface area (TPSA) is 63.6 Å². The van der Waals surface area contributed by atoms with Crippen LogP contribution in [0.25, 0.3) is 0 Å². The third kappa shape index (κ3) is 1.20. The molecule has 0 aromatic carbocycles. The van der Waals surface area contributed by atoms with Gasteiger partial charge in [-0.25, -0.2) is 0 Å². The number of ether oxygens (including phenoxy) is 1. The van der Waals surface area contributed by atoms with Crippen molar-refractivity contribution in [1.82, 2.24) is 0 Å². The van der Waals surface area contributed by atoms with Gasteiger partial charge in [0.1, 0.15) is 12.0 Å². The summed E-state index contributed by atoms with van der Waals surface area (Å²) in [5, 5.41) is 8.64. The maximum Gasteiger partial charge on any atom is 0.311 e. The van der Waals surface area contributed by atoms with Crippen LogP contribution >= 0.6 is 0 Å². The van der Waals surface area contributed by atoms with Crippen molar-refractivity contribution >= 4 is 11.9 Å². The van der Waals surface area contributed by atoms with Gasteiger partial charge >= 0.3 is 11.9 Å². The first-order valence-electron chi connectivity index (χ1n) is 3.47. The van der Waals surface area contributed by atoms with Crippen molar-refractivity contribution in [3.05, 3.63) is 0 Å². The molecule has 1 aliphatic rings. The fourth-order valence-corrected chi connectivity index (χ4v) is 1.33. The number of esters is 1. The molecule has 0 radical (unpaired) electrons. The minimum Gasteiger partial charge on any atom is -0.481 e. The molecule has 4 heteroatoms. The molecule has 1 saturated heterocycles. The third-order valence-electron chi connectivity index (χ3n) is 2.00. The third-order valence-corrected chi connectivity index (χ3v) is 2.00. The predicted octanol–water partition coefficient (Wildman–Crippen LogP) is 0.269. The molecule has 0 amide bonds. The summed E-state index contributed by atoms with van der Waals surface area (Å²) in [6.45, 7) is 3.17. The number of carbonyl (C=O) groups is 2. The molecule has 1 rings (SSSR count). The lowest BCUT2D eigenvalue weighted by Crippen LogP contribution is -2.25. The van der Waals surface area contributed by atoms with E-state index in [9.17, 15) is 9.59 Å². The van der Waals surface area contributed by atoms with Crippen molar-refractivity contribution in [3.8, 4) is 0 Å². The Morgan fingerprint density at radius 3 is 2.27 bits per heavy atom. The molecule has 1 N–H and O–H groups in total. The van der Waals surface area contributed by atoms with Gasteiger partial charge < -0.3 is 9.84 Å². The first kappa shape index (κ1) is 8.04. The van der Waals surface area contributed by atoms with Crippen LogP contribution in [0.4, 0.5) is 0 Å². The molecule has 0 saturated carbocycles. The molecule has 11 heavy (non-hydrogen) atoms. The molecular weight excluding hydrogens is 148 g/mol. The smallest absolute Gasteiger partial charge is 0.311 e. The highest BCUT2D eigenvalue weighted by atomic mass is 16.6. The Labute approximate surface area is 64.2 Å². The molecule has 1 fully saturated rings. The molecule has 0 unspecified atom stereocenters. The van der Waals surface area contributed by atoms with Gasteiger partial charge in [-0.15, -0.1) is 0 Å². The summed E-state index contributed by atoms with van der Waals surface area (Å²) in [5.74, 6) is -2.56. The molecule has 0 spiro atoms. The molecule has 62 valence electrons. The van der Waals surface area contributed by atoms with Gasteiger partial charge in [0.05, 0.1) is 5.92 Å². The van der Waals surface area contributed by atoms with Crippen molar-refractivity contribution in [2.45, 2.75) is 20.0 Å². The highest BCUT2D eigenvalue weighted by molar-refractivity contribution is 5.84. The predicted molar refractivity (Wildman–Crippen MR) is 35.8 cm³/mol. The first-order chi connectivity index (χ1) is 5.04. The minimum atomic E-state index is -0.962. The maximum absolute atomic E-state index is 10.8. The maximum atomic E-state index is 10.8. The van der Waals surface area contributed by atoms with E-state index in [1.807, 2.05) is 0 Å². The lowest BCUT2D eigenvalue weighted by atomic mass is 9.93. The molecule has 0 aromatic heterocycles. The van der Waals surface area contributed by atoms with Crippen LogP contribution in [0.15, 0.2) is 0 Å². The summed E-state index contributed by atoms with van der Waals surface area (Å²) in [7, 11) is 0. The van der Waals surface area contributed by atoms with E-state index in [2.05, 4.69) is 0 Å². The number of carboxylic acids is 1. The van der Waals surface area contributed by atoms with Gasteiger partial charge in [-0.05, 0) is 6.92 Å². The number of rotatable bonds is 1. The molecule has 1 aliphatic heterocycles. The Hall–Kier alpha value is -1.06. The lowest BCUT2D eigenvalue weighted by molar-refractivity contribution is -0.144. The van der Waals surface area contributed by atoms with Crippen LogP contribution in [-0.2, 0) is 14.3 Å². The number of hydrogen-bond acceptors (Lipinski definition) is 3. The van der Waals surface area contributed by atoms with E-state index in [0.29, 0.717) is 0 Å². The summed E-state index contributed by atoms with van der Waals surface area (Å²) < 4.78 is 4.73. The van der Waals surface area contributed by atoms with Gasteiger partial charge in [0.15, 0.2) is 0 Å². The normalized spacial score (nSPS) is 36.9. The van der Waals surface area contributed by atoms with E-state index >= 15 is 0 Å². The molecule has 0 aromatic rings. The Balaban J connectivity index is 2.79. The zero-order chi connectivity index (χ0) is 8.59. The molecule has 3 atom stereocenters. The van der Waals surface area contributed by atoms with E-state index in [-0.39, 0.29) is 0 Å². The summed E-state index contributed by atoms with van der Waals surface area (Å²) in [6, 6.07) is 0. The Bertz CT molecular complexity index is 199. The van der Waals surface area contributed by atoms with E-state index in [0.717, 1.165) is 0 Å². The van der Waals surface area contributed by atoms with Gasteiger partial charge in [-0.2, -0.15) is 0 Å². The minimum absolute atomic E-state index is 0.412. The van der Waals surface area contributed by atoms with Gasteiger partial charge in [-0.1, -0.05) is 6.92 Å². The standard InChI is InChI=1S/C7H10O4/c1-3-5(6(8)9)4(2)11-7(3)10/h3-5H,1-2H3,(H,8,9)/t3-,4+,5-/m1/s1. The van der Waals surface area contributed by atoms with Crippen LogP contribution in [0, 0.1) is 11.8 Å². The van der Waals surface area contributed by atoms with Crippen LogP contribution in [0.1, 0.15) is 13.8 Å². The zero-order valence-corrected chi connectivity index (χ0v) is 6.40.